The highest BCUT2D eigenvalue weighted by molar-refractivity contribution is 6.32. The van der Waals surface area contributed by atoms with Gasteiger partial charge in [-0.3, -0.25) is 4.79 Å². The summed E-state index contributed by atoms with van der Waals surface area (Å²) in [7, 11) is 0. The number of carbonyl (C=O) groups excluding carboxylic acids is 1. The molecule has 5 N–H and O–H groups in total. The Morgan fingerprint density at radius 3 is 2.44 bits per heavy atom. The fraction of sp³-hybridized carbons (Fsp3) is 0.188. The molecular formula is C32H36ClN3O5. The number of nitrogens with zero attached hydrogens (tertiary/aromatic N) is 1. The molecule has 4 rings (SSSR count). The van der Waals surface area contributed by atoms with E-state index in [0.29, 0.717) is 18.9 Å². The fourth-order valence-electron chi connectivity index (χ4n) is 4.33. The van der Waals surface area contributed by atoms with E-state index in [1.165, 1.54) is 18.2 Å². The van der Waals surface area contributed by atoms with Gasteiger partial charge in [0.25, 0.3) is 5.91 Å². The summed E-state index contributed by atoms with van der Waals surface area (Å²) in [5, 5.41) is 37.4. The second kappa shape index (κ2) is 14.4. The normalized spacial score (nSPS) is 12.7. The van der Waals surface area contributed by atoms with Crippen LogP contribution in [-0.2, 0) is 0 Å². The lowest BCUT2D eigenvalue weighted by Crippen LogP contribution is -2.40. The largest absolute Gasteiger partial charge is 0.506 e. The zero-order valence-corrected chi connectivity index (χ0v) is 23.3. The van der Waals surface area contributed by atoms with Crippen LogP contribution in [0.4, 0.5) is 0 Å². The van der Waals surface area contributed by atoms with Gasteiger partial charge in [-0.25, -0.2) is 5.43 Å². The molecule has 0 fully saturated rings. The highest BCUT2D eigenvalue weighted by Gasteiger charge is 2.19. The molecule has 0 saturated carbocycles. The minimum absolute atomic E-state index is 0. The summed E-state index contributed by atoms with van der Waals surface area (Å²) in [5.74, 6) is 0.128. The first-order valence-corrected chi connectivity index (χ1v) is 13.5. The van der Waals surface area contributed by atoms with Gasteiger partial charge in [-0.05, 0) is 59.5 Å². The second-order valence-electron chi connectivity index (χ2n) is 9.39. The van der Waals surface area contributed by atoms with E-state index in [-0.39, 0.29) is 25.8 Å². The van der Waals surface area contributed by atoms with E-state index >= 15 is 0 Å². The Morgan fingerprint density at radius 2 is 1.76 bits per heavy atom. The number of nitrogens with one attached hydrogen (secondary N) is 2. The van der Waals surface area contributed by atoms with E-state index in [4.69, 9.17) is 16.3 Å². The highest BCUT2D eigenvalue weighted by atomic mass is 35.5. The minimum Gasteiger partial charge on any atom is -0.506 e. The molecule has 0 aliphatic carbocycles. The van der Waals surface area contributed by atoms with Gasteiger partial charge in [0.05, 0.1) is 30.0 Å². The number of phenols is 1. The van der Waals surface area contributed by atoms with E-state index in [1.54, 1.807) is 6.21 Å². The van der Waals surface area contributed by atoms with Crippen molar-refractivity contribution in [3.63, 3.8) is 0 Å². The van der Waals surface area contributed by atoms with Crippen molar-refractivity contribution in [2.75, 3.05) is 19.8 Å². The lowest BCUT2D eigenvalue weighted by Gasteiger charge is -2.23. The number of aromatic hydroxyl groups is 1. The summed E-state index contributed by atoms with van der Waals surface area (Å²) in [4.78, 5) is 12.4. The van der Waals surface area contributed by atoms with Crippen molar-refractivity contribution < 1.29 is 27.7 Å². The van der Waals surface area contributed by atoms with Crippen molar-refractivity contribution in [1.82, 2.24) is 10.7 Å². The number of hydrogen-bond acceptors (Lipinski definition) is 7. The zero-order valence-electron chi connectivity index (χ0n) is 22.5. The molecule has 0 radical (unpaired) electrons. The van der Waals surface area contributed by atoms with Gasteiger partial charge in [-0.2, -0.15) is 5.10 Å². The third kappa shape index (κ3) is 7.93. The van der Waals surface area contributed by atoms with E-state index in [2.05, 4.69) is 15.8 Å². The second-order valence-corrected chi connectivity index (χ2v) is 9.80. The lowest BCUT2D eigenvalue weighted by atomic mass is 9.99. The van der Waals surface area contributed by atoms with E-state index < -0.39 is 18.1 Å². The number of phenolic OH excluding ortho intramolecular Hbond substituents is 1. The van der Waals surface area contributed by atoms with Crippen molar-refractivity contribution in [2.24, 2.45) is 5.10 Å². The molecule has 0 saturated heterocycles. The Bertz CT molecular complexity index is 1490. The number of ether oxygens (including phenoxy) is 1. The monoisotopic (exact) mass is 577 g/mol. The number of aliphatic hydroxyl groups excluding tert-OH is 2. The van der Waals surface area contributed by atoms with Crippen LogP contribution in [0.1, 0.15) is 36.0 Å². The number of hydrazone groups is 1. The average molecular weight is 578 g/mol. The van der Waals surface area contributed by atoms with Gasteiger partial charge >= 0.3 is 0 Å². The summed E-state index contributed by atoms with van der Waals surface area (Å²) in [5.41, 5.74) is 6.89. The van der Waals surface area contributed by atoms with E-state index in [0.717, 1.165) is 27.8 Å². The quantitative estimate of drug-likeness (QED) is 0.0880. The summed E-state index contributed by atoms with van der Waals surface area (Å²) >= 11 is 5.90. The van der Waals surface area contributed by atoms with Gasteiger partial charge in [-0.1, -0.05) is 72.3 Å². The van der Waals surface area contributed by atoms with Crippen LogP contribution in [0.15, 0.2) is 96.1 Å². The van der Waals surface area contributed by atoms with Crippen LogP contribution < -0.4 is 15.5 Å². The maximum Gasteiger partial charge on any atom is 0.271 e. The molecule has 41 heavy (non-hydrogen) atoms. The molecule has 2 atom stereocenters. The molecule has 9 heteroatoms. The Morgan fingerprint density at radius 1 is 1.05 bits per heavy atom. The van der Waals surface area contributed by atoms with Crippen LogP contribution in [0, 0.1) is 6.92 Å². The first-order valence-electron chi connectivity index (χ1n) is 13.1. The first kappa shape index (κ1) is 29.8. The number of aliphatic hydroxyl groups is 2. The van der Waals surface area contributed by atoms with Crippen molar-refractivity contribution in [3.05, 3.63) is 118 Å². The number of benzene rings is 4. The molecular weight excluding hydrogens is 542 g/mol. The van der Waals surface area contributed by atoms with Crippen molar-refractivity contribution >= 4 is 23.7 Å². The van der Waals surface area contributed by atoms with Crippen LogP contribution in [0.3, 0.4) is 0 Å². The van der Waals surface area contributed by atoms with Gasteiger partial charge in [0.15, 0.2) is 0 Å². The molecule has 0 aromatic heterocycles. The maximum absolute atomic E-state index is 12.4. The van der Waals surface area contributed by atoms with E-state index in [1.807, 2.05) is 79.7 Å². The van der Waals surface area contributed by atoms with Crippen LogP contribution in [0.2, 0.25) is 5.02 Å². The SMILES string of the molecule is Cc1cc(/C=N/NC(=O)c2ccc(O)c(Cl)c2)cc(-c2ccccc2)c1OCCNC(CO)C(O)c1ccccc1.[HH].[HH]. The first-order chi connectivity index (χ1) is 19.9. The molecule has 2 unspecified atom stereocenters. The molecule has 0 aliphatic heterocycles. The fourth-order valence-corrected chi connectivity index (χ4v) is 4.51. The van der Waals surface area contributed by atoms with Crippen LogP contribution >= 0.6 is 11.6 Å². The van der Waals surface area contributed by atoms with Crippen molar-refractivity contribution in [1.29, 1.82) is 0 Å². The van der Waals surface area contributed by atoms with Crippen molar-refractivity contribution in [3.8, 4) is 22.6 Å². The summed E-state index contributed by atoms with van der Waals surface area (Å²) in [6.07, 6.45) is 0.689. The molecule has 0 spiro atoms. The Labute approximate surface area is 246 Å². The van der Waals surface area contributed by atoms with Crippen molar-refractivity contribution in [2.45, 2.75) is 19.1 Å². The Kier molecular flexibility index (Phi) is 10.5. The smallest absolute Gasteiger partial charge is 0.271 e. The van der Waals surface area contributed by atoms with Gasteiger partial charge in [0.1, 0.15) is 18.1 Å². The molecule has 1 amide bonds. The molecule has 0 aliphatic rings. The van der Waals surface area contributed by atoms with Gasteiger partial charge < -0.3 is 25.4 Å². The molecule has 4 aromatic carbocycles. The molecule has 8 nitrogen and oxygen atoms in total. The number of halogens is 1. The number of rotatable bonds is 12. The third-order valence-corrected chi connectivity index (χ3v) is 6.75. The average Bonchev–Trinajstić information content (AvgIpc) is 2.99. The van der Waals surface area contributed by atoms with Gasteiger partial charge in [-0.15, -0.1) is 0 Å². The van der Waals surface area contributed by atoms with Crippen LogP contribution in [0.5, 0.6) is 11.5 Å². The predicted octanol–water partition coefficient (Wildman–Crippen LogP) is 5.34. The number of hydrogen-bond donors (Lipinski definition) is 5. The number of carbonyl (C=O) groups is 1. The van der Waals surface area contributed by atoms with Crippen LogP contribution in [0.25, 0.3) is 11.1 Å². The third-order valence-electron chi connectivity index (χ3n) is 6.45. The minimum atomic E-state index is -0.854. The summed E-state index contributed by atoms with van der Waals surface area (Å²) in [6, 6.07) is 26.4. The zero-order chi connectivity index (χ0) is 29.2. The lowest BCUT2D eigenvalue weighted by molar-refractivity contribution is 0.0878. The summed E-state index contributed by atoms with van der Waals surface area (Å²) < 4.78 is 6.21. The maximum atomic E-state index is 12.4. The molecule has 0 bridgehead atoms. The van der Waals surface area contributed by atoms with Gasteiger partial charge in [0, 0.05) is 20.5 Å². The summed E-state index contributed by atoms with van der Waals surface area (Å²) in [6.45, 7) is 2.41. The standard InChI is InChI=1S/C32H32ClN3O5.2H2/c1-21-16-22(19-35-36-32(40)25-12-13-29(38)27(33)18-25)17-26(23-8-4-2-5-9-23)31(21)41-15-14-34-28(20-37)30(39)24-10-6-3-7-11-24;;/h2-13,16-19,28,30,34,37-39H,14-15,20H2,1H3,(H,36,40);2*1H/b35-19+;;. The number of amides is 1. The van der Waals surface area contributed by atoms with E-state index in [9.17, 15) is 20.1 Å². The highest BCUT2D eigenvalue weighted by Crippen LogP contribution is 2.34. The Balaban J connectivity index is 0.00000323. The van der Waals surface area contributed by atoms with Gasteiger partial charge in [0.2, 0.25) is 0 Å². The van der Waals surface area contributed by atoms with Crippen LogP contribution in [-0.4, -0.2) is 53.2 Å². The Hall–Kier alpha value is -4.21. The molecule has 0 heterocycles. The molecule has 216 valence electrons. The topological polar surface area (TPSA) is 123 Å². The molecule has 4 aromatic rings. The number of aryl methyl sites for hydroxylation is 1. The predicted molar refractivity (Wildman–Crippen MR) is 165 cm³/mol.